The first kappa shape index (κ1) is 14.8. The summed E-state index contributed by atoms with van der Waals surface area (Å²) in [6, 6.07) is -0.453. The first-order valence-corrected chi connectivity index (χ1v) is 6.80. The highest BCUT2D eigenvalue weighted by molar-refractivity contribution is 5.82. The number of nitrogens with zero attached hydrogens (tertiary/aromatic N) is 1. The highest BCUT2D eigenvalue weighted by Crippen LogP contribution is 2.19. The number of hydrogen-bond acceptors (Lipinski definition) is 4. The Morgan fingerprint density at radius 2 is 1.94 bits per heavy atom. The van der Waals surface area contributed by atoms with Crippen LogP contribution >= 0.6 is 0 Å². The number of amides is 1. The van der Waals surface area contributed by atoms with E-state index < -0.39 is 12.1 Å². The monoisotopic (exact) mass is 257 g/mol. The number of carbonyl (C=O) groups excluding carboxylic acids is 2. The molecule has 1 atom stereocenters. The van der Waals surface area contributed by atoms with Crippen molar-refractivity contribution in [2.75, 3.05) is 19.8 Å². The van der Waals surface area contributed by atoms with Gasteiger partial charge >= 0.3 is 12.1 Å². The number of rotatable bonds is 6. The number of unbranched alkanes of at least 4 members (excludes halogenated alkanes) is 1. The Morgan fingerprint density at radius 1 is 1.17 bits per heavy atom. The van der Waals surface area contributed by atoms with Gasteiger partial charge in [0.25, 0.3) is 0 Å². The van der Waals surface area contributed by atoms with E-state index in [1.807, 2.05) is 13.8 Å². The predicted octanol–water partition coefficient (Wildman–Crippen LogP) is 2.34. The van der Waals surface area contributed by atoms with Crippen molar-refractivity contribution < 1.29 is 19.1 Å². The van der Waals surface area contributed by atoms with E-state index in [1.54, 1.807) is 0 Å². The lowest BCUT2D eigenvalue weighted by Crippen LogP contribution is -2.41. The Labute approximate surface area is 108 Å². The maximum Gasteiger partial charge on any atom is 0.410 e. The molecule has 1 rings (SSSR count). The Bertz CT molecular complexity index is 280. The largest absolute Gasteiger partial charge is 0.464 e. The third-order valence-corrected chi connectivity index (χ3v) is 2.93. The predicted molar refractivity (Wildman–Crippen MR) is 67.2 cm³/mol. The summed E-state index contributed by atoms with van der Waals surface area (Å²) in [7, 11) is 0. The summed E-state index contributed by atoms with van der Waals surface area (Å²) in [5, 5.41) is 0. The van der Waals surface area contributed by atoms with Crippen LogP contribution in [-0.2, 0) is 14.3 Å². The summed E-state index contributed by atoms with van der Waals surface area (Å²) >= 11 is 0. The van der Waals surface area contributed by atoms with Crippen LogP contribution in [0, 0.1) is 0 Å². The zero-order valence-corrected chi connectivity index (χ0v) is 11.3. The van der Waals surface area contributed by atoms with Gasteiger partial charge < -0.3 is 9.47 Å². The topological polar surface area (TPSA) is 55.8 Å². The molecular formula is C13H23NO4. The quantitative estimate of drug-likeness (QED) is 0.541. The second-order valence-corrected chi connectivity index (χ2v) is 4.49. The molecule has 18 heavy (non-hydrogen) atoms. The van der Waals surface area contributed by atoms with Crippen LogP contribution in [0.4, 0.5) is 4.79 Å². The molecule has 104 valence electrons. The first-order chi connectivity index (χ1) is 8.70. The van der Waals surface area contributed by atoms with Crippen molar-refractivity contribution in [2.45, 2.75) is 52.0 Å². The summed E-state index contributed by atoms with van der Waals surface area (Å²) < 4.78 is 10.2. The lowest BCUT2D eigenvalue weighted by Gasteiger charge is -2.22. The van der Waals surface area contributed by atoms with Gasteiger partial charge in [0.2, 0.25) is 0 Å². The summed E-state index contributed by atoms with van der Waals surface area (Å²) in [6.45, 7) is 5.39. The van der Waals surface area contributed by atoms with Crippen molar-refractivity contribution >= 4 is 12.1 Å². The molecule has 5 heteroatoms. The Morgan fingerprint density at radius 3 is 2.61 bits per heavy atom. The third kappa shape index (κ3) is 4.20. The van der Waals surface area contributed by atoms with Crippen molar-refractivity contribution in [3.05, 3.63) is 0 Å². The Kier molecular flexibility index (Phi) is 6.54. The SMILES string of the molecule is CCCCOC(=O)[C@@H]1CCCN1C(=O)OCCC. The molecule has 0 spiro atoms. The van der Waals surface area contributed by atoms with Gasteiger partial charge in [-0.05, 0) is 25.7 Å². The molecule has 1 fully saturated rings. The molecular weight excluding hydrogens is 234 g/mol. The molecule has 1 aliphatic heterocycles. The molecule has 1 saturated heterocycles. The molecule has 0 aromatic carbocycles. The van der Waals surface area contributed by atoms with Crippen LogP contribution in [0.25, 0.3) is 0 Å². The average molecular weight is 257 g/mol. The van der Waals surface area contributed by atoms with E-state index in [4.69, 9.17) is 9.47 Å². The smallest absolute Gasteiger partial charge is 0.410 e. The molecule has 1 aliphatic rings. The van der Waals surface area contributed by atoms with E-state index in [9.17, 15) is 9.59 Å². The zero-order valence-electron chi connectivity index (χ0n) is 11.3. The maximum atomic E-state index is 11.8. The summed E-state index contributed by atoms with van der Waals surface area (Å²) in [5.41, 5.74) is 0. The van der Waals surface area contributed by atoms with Crippen molar-refractivity contribution in [2.24, 2.45) is 0 Å². The van der Waals surface area contributed by atoms with Crippen LogP contribution in [0.3, 0.4) is 0 Å². The van der Waals surface area contributed by atoms with Gasteiger partial charge in [0, 0.05) is 6.54 Å². The number of carbonyl (C=O) groups is 2. The lowest BCUT2D eigenvalue weighted by molar-refractivity contribution is -0.148. The molecule has 0 aromatic rings. The Hall–Kier alpha value is -1.26. The van der Waals surface area contributed by atoms with Crippen molar-refractivity contribution in [1.29, 1.82) is 0 Å². The van der Waals surface area contributed by atoms with Gasteiger partial charge in [-0.3, -0.25) is 4.90 Å². The normalized spacial score (nSPS) is 18.8. The van der Waals surface area contributed by atoms with Crippen molar-refractivity contribution in [1.82, 2.24) is 4.90 Å². The second kappa shape index (κ2) is 7.95. The summed E-state index contributed by atoms with van der Waals surface area (Å²) in [6.07, 6.45) is 3.73. The molecule has 0 saturated carbocycles. The third-order valence-electron chi connectivity index (χ3n) is 2.93. The minimum atomic E-state index is -0.453. The van der Waals surface area contributed by atoms with Crippen LogP contribution in [-0.4, -0.2) is 42.8 Å². The lowest BCUT2D eigenvalue weighted by atomic mass is 10.2. The van der Waals surface area contributed by atoms with Crippen molar-refractivity contribution in [3.8, 4) is 0 Å². The zero-order chi connectivity index (χ0) is 13.4. The van der Waals surface area contributed by atoms with Gasteiger partial charge in [-0.25, -0.2) is 9.59 Å². The molecule has 0 unspecified atom stereocenters. The molecule has 0 aromatic heterocycles. The standard InChI is InChI=1S/C13H23NO4/c1-3-5-10-17-12(15)11-7-6-8-14(11)13(16)18-9-4-2/h11H,3-10H2,1-2H3/t11-/m0/s1. The molecule has 0 radical (unpaired) electrons. The van der Waals surface area contributed by atoms with Gasteiger partial charge in [0.1, 0.15) is 6.04 Å². The van der Waals surface area contributed by atoms with Crippen LogP contribution < -0.4 is 0 Å². The number of likely N-dealkylation sites (tertiary alicyclic amines) is 1. The minimum absolute atomic E-state index is 0.297. The van der Waals surface area contributed by atoms with E-state index >= 15 is 0 Å². The van der Waals surface area contributed by atoms with Gasteiger partial charge in [-0.2, -0.15) is 0 Å². The number of ether oxygens (including phenoxy) is 2. The molecule has 1 heterocycles. The maximum absolute atomic E-state index is 11.8. The van der Waals surface area contributed by atoms with Crippen LogP contribution in [0.1, 0.15) is 46.0 Å². The van der Waals surface area contributed by atoms with E-state index in [-0.39, 0.29) is 5.97 Å². The second-order valence-electron chi connectivity index (χ2n) is 4.49. The highest BCUT2D eigenvalue weighted by atomic mass is 16.6. The average Bonchev–Trinajstić information content (AvgIpc) is 2.85. The minimum Gasteiger partial charge on any atom is -0.464 e. The van der Waals surface area contributed by atoms with E-state index in [0.29, 0.717) is 26.2 Å². The Balaban J connectivity index is 2.43. The molecule has 5 nitrogen and oxygen atoms in total. The fourth-order valence-corrected chi connectivity index (χ4v) is 1.92. The summed E-state index contributed by atoms with van der Waals surface area (Å²) in [5.74, 6) is -0.297. The summed E-state index contributed by atoms with van der Waals surface area (Å²) in [4.78, 5) is 25.1. The highest BCUT2D eigenvalue weighted by Gasteiger charge is 2.36. The van der Waals surface area contributed by atoms with E-state index in [0.717, 1.165) is 25.7 Å². The van der Waals surface area contributed by atoms with Crippen LogP contribution in [0.5, 0.6) is 0 Å². The van der Waals surface area contributed by atoms with E-state index in [2.05, 4.69) is 0 Å². The van der Waals surface area contributed by atoms with Crippen LogP contribution in [0.15, 0.2) is 0 Å². The number of hydrogen-bond donors (Lipinski definition) is 0. The van der Waals surface area contributed by atoms with Gasteiger partial charge in [0.05, 0.1) is 13.2 Å². The first-order valence-electron chi connectivity index (χ1n) is 6.80. The fraction of sp³-hybridized carbons (Fsp3) is 0.846. The van der Waals surface area contributed by atoms with Crippen molar-refractivity contribution in [3.63, 3.8) is 0 Å². The molecule has 0 aliphatic carbocycles. The van der Waals surface area contributed by atoms with E-state index in [1.165, 1.54) is 4.90 Å². The van der Waals surface area contributed by atoms with Gasteiger partial charge in [-0.1, -0.05) is 20.3 Å². The molecule has 1 amide bonds. The fourth-order valence-electron chi connectivity index (χ4n) is 1.92. The van der Waals surface area contributed by atoms with Gasteiger partial charge in [-0.15, -0.1) is 0 Å². The van der Waals surface area contributed by atoms with Crippen LogP contribution in [0.2, 0.25) is 0 Å². The molecule has 0 bridgehead atoms. The number of esters is 1. The molecule has 0 N–H and O–H groups in total. The van der Waals surface area contributed by atoms with Gasteiger partial charge in [0.15, 0.2) is 0 Å².